The lowest BCUT2D eigenvalue weighted by atomic mass is 10.1. The van der Waals surface area contributed by atoms with Crippen molar-refractivity contribution in [2.45, 2.75) is 32.0 Å². The highest BCUT2D eigenvalue weighted by atomic mass is 16.5. The number of carbonyl (C=O) groups is 3. The summed E-state index contributed by atoms with van der Waals surface area (Å²) in [7, 11) is 1.61. The zero-order chi connectivity index (χ0) is 21.1. The van der Waals surface area contributed by atoms with Gasteiger partial charge in [-0.1, -0.05) is 24.3 Å². The third-order valence-corrected chi connectivity index (χ3v) is 5.70. The van der Waals surface area contributed by atoms with E-state index in [1.54, 1.807) is 29.0 Å². The van der Waals surface area contributed by atoms with Crippen LogP contribution in [0, 0.1) is 0 Å². The molecule has 3 amide bonds. The van der Waals surface area contributed by atoms with Crippen LogP contribution in [0.4, 0.5) is 0 Å². The van der Waals surface area contributed by atoms with Crippen molar-refractivity contribution in [3.63, 3.8) is 0 Å². The van der Waals surface area contributed by atoms with Crippen LogP contribution in [0.15, 0.2) is 48.5 Å². The first kappa shape index (κ1) is 19.9. The van der Waals surface area contributed by atoms with Crippen molar-refractivity contribution in [3.05, 3.63) is 65.2 Å². The van der Waals surface area contributed by atoms with Gasteiger partial charge in [-0.05, 0) is 48.2 Å². The van der Waals surface area contributed by atoms with E-state index in [0.29, 0.717) is 25.2 Å². The number of methoxy groups -OCH3 is 1. The second-order valence-electron chi connectivity index (χ2n) is 7.67. The Morgan fingerprint density at radius 2 is 1.77 bits per heavy atom. The third kappa shape index (κ3) is 4.15. The number of amides is 3. The molecule has 2 fully saturated rings. The van der Waals surface area contributed by atoms with Gasteiger partial charge in [-0.3, -0.25) is 14.4 Å². The molecule has 2 saturated heterocycles. The molecule has 0 aliphatic carbocycles. The van der Waals surface area contributed by atoms with Crippen LogP contribution in [0.5, 0.6) is 5.75 Å². The minimum Gasteiger partial charge on any atom is -0.497 e. The number of carbonyl (C=O) groups excluding carboxylic acids is 3. The maximum Gasteiger partial charge on any atom is 0.251 e. The van der Waals surface area contributed by atoms with E-state index in [4.69, 9.17) is 4.74 Å². The highest BCUT2D eigenvalue weighted by Crippen LogP contribution is 2.24. The highest BCUT2D eigenvalue weighted by molar-refractivity contribution is 5.95. The van der Waals surface area contributed by atoms with Crippen molar-refractivity contribution < 1.29 is 19.1 Å². The molecule has 0 aromatic heterocycles. The van der Waals surface area contributed by atoms with Gasteiger partial charge >= 0.3 is 0 Å². The molecule has 1 atom stereocenters. The van der Waals surface area contributed by atoms with Crippen molar-refractivity contribution in [1.29, 1.82) is 0 Å². The molecule has 156 valence electrons. The summed E-state index contributed by atoms with van der Waals surface area (Å²) in [6.07, 6.45) is 1.63. The third-order valence-electron chi connectivity index (χ3n) is 5.70. The highest BCUT2D eigenvalue weighted by Gasteiger charge is 2.41. The van der Waals surface area contributed by atoms with Crippen LogP contribution < -0.4 is 10.1 Å². The van der Waals surface area contributed by atoms with E-state index in [1.807, 2.05) is 36.4 Å². The summed E-state index contributed by atoms with van der Waals surface area (Å²) in [5.74, 6) is 0.651. The van der Waals surface area contributed by atoms with Gasteiger partial charge in [-0.25, -0.2) is 0 Å². The monoisotopic (exact) mass is 407 g/mol. The molecule has 2 aromatic carbocycles. The Bertz CT molecular complexity index is 940. The minimum atomic E-state index is -0.297. The van der Waals surface area contributed by atoms with Crippen molar-refractivity contribution in [1.82, 2.24) is 15.1 Å². The summed E-state index contributed by atoms with van der Waals surface area (Å²) < 4.78 is 5.13. The largest absolute Gasteiger partial charge is 0.497 e. The van der Waals surface area contributed by atoms with Crippen LogP contribution in [0.25, 0.3) is 0 Å². The van der Waals surface area contributed by atoms with Gasteiger partial charge in [-0.2, -0.15) is 0 Å². The average Bonchev–Trinajstić information content (AvgIpc) is 3.27. The molecular formula is C23H25N3O4. The van der Waals surface area contributed by atoms with E-state index in [0.717, 1.165) is 29.7 Å². The average molecular weight is 407 g/mol. The summed E-state index contributed by atoms with van der Waals surface area (Å²) in [6, 6.07) is 14.4. The fourth-order valence-corrected chi connectivity index (χ4v) is 4.01. The van der Waals surface area contributed by atoms with Crippen LogP contribution in [0.1, 0.15) is 34.3 Å². The molecule has 4 rings (SSSR count). The van der Waals surface area contributed by atoms with E-state index in [9.17, 15) is 14.4 Å². The molecule has 0 saturated carbocycles. The molecule has 0 radical (unpaired) electrons. The first-order valence-corrected chi connectivity index (χ1v) is 10.1. The zero-order valence-corrected chi connectivity index (χ0v) is 17.0. The number of rotatable bonds is 6. The smallest absolute Gasteiger partial charge is 0.251 e. The lowest BCUT2D eigenvalue weighted by molar-refractivity contribution is -0.154. The lowest BCUT2D eigenvalue weighted by Gasteiger charge is -2.36. The van der Waals surface area contributed by atoms with Gasteiger partial charge in [0.1, 0.15) is 18.3 Å². The number of nitrogens with one attached hydrogen (secondary N) is 1. The van der Waals surface area contributed by atoms with Gasteiger partial charge in [0.25, 0.3) is 5.91 Å². The number of hydrogen-bond donors (Lipinski definition) is 1. The number of ether oxygens (including phenoxy) is 1. The normalized spacial score (nSPS) is 18.4. The SMILES string of the molecule is COc1ccc(CNC(=O)c2ccc(CN3CC(=O)N4CCC[C@@H]4C3=O)cc2)cc1. The quantitative estimate of drug-likeness (QED) is 0.794. The van der Waals surface area contributed by atoms with Gasteiger partial charge in [0.05, 0.1) is 7.11 Å². The van der Waals surface area contributed by atoms with E-state index in [1.165, 1.54) is 0 Å². The van der Waals surface area contributed by atoms with Gasteiger partial charge < -0.3 is 19.9 Å². The molecule has 2 aliphatic heterocycles. The molecule has 0 bridgehead atoms. The number of nitrogens with zero attached hydrogens (tertiary/aromatic N) is 2. The van der Waals surface area contributed by atoms with Crippen LogP contribution >= 0.6 is 0 Å². The number of fused-ring (bicyclic) bond motifs is 1. The fourth-order valence-electron chi connectivity index (χ4n) is 4.01. The van der Waals surface area contributed by atoms with E-state index >= 15 is 0 Å². The second-order valence-corrected chi connectivity index (χ2v) is 7.67. The van der Waals surface area contributed by atoms with Gasteiger partial charge in [-0.15, -0.1) is 0 Å². The van der Waals surface area contributed by atoms with Gasteiger partial charge in [0, 0.05) is 25.2 Å². The van der Waals surface area contributed by atoms with Crippen molar-refractivity contribution >= 4 is 17.7 Å². The summed E-state index contributed by atoms with van der Waals surface area (Å²) >= 11 is 0. The number of piperazine rings is 1. The van der Waals surface area contributed by atoms with E-state index in [2.05, 4.69) is 5.32 Å². The topological polar surface area (TPSA) is 79.0 Å². The molecule has 2 heterocycles. The Morgan fingerprint density at radius 1 is 1.07 bits per heavy atom. The van der Waals surface area contributed by atoms with E-state index < -0.39 is 0 Å². The lowest BCUT2D eigenvalue weighted by Crippen LogP contribution is -2.56. The molecular weight excluding hydrogens is 382 g/mol. The fraction of sp³-hybridized carbons (Fsp3) is 0.348. The van der Waals surface area contributed by atoms with Crippen molar-refractivity contribution in [2.24, 2.45) is 0 Å². The Balaban J connectivity index is 1.33. The zero-order valence-electron chi connectivity index (χ0n) is 17.0. The van der Waals surface area contributed by atoms with Crippen LogP contribution in [0.3, 0.4) is 0 Å². The standard InChI is InChI=1S/C23H25N3O4/c1-30-19-10-6-16(7-11-19)13-24-22(28)18-8-4-17(5-9-18)14-25-15-21(27)26-12-2-3-20(26)23(25)29/h4-11,20H,2-3,12-15H2,1H3,(H,24,28)/t20-/m1/s1. The minimum absolute atomic E-state index is 0.0200. The Kier molecular flexibility index (Phi) is 5.70. The van der Waals surface area contributed by atoms with Gasteiger partial charge in [0.15, 0.2) is 0 Å². The summed E-state index contributed by atoms with van der Waals surface area (Å²) in [6.45, 7) is 1.61. The molecule has 1 N–H and O–H groups in total. The Labute approximate surface area is 175 Å². The second kappa shape index (κ2) is 8.57. The summed E-state index contributed by atoms with van der Waals surface area (Å²) in [5.41, 5.74) is 2.43. The van der Waals surface area contributed by atoms with Crippen LogP contribution in [-0.2, 0) is 22.7 Å². The molecule has 30 heavy (non-hydrogen) atoms. The molecule has 7 heteroatoms. The Hall–Kier alpha value is -3.35. The maximum atomic E-state index is 12.7. The maximum absolute atomic E-state index is 12.7. The van der Waals surface area contributed by atoms with E-state index in [-0.39, 0.29) is 30.3 Å². The predicted molar refractivity (Wildman–Crippen MR) is 111 cm³/mol. The molecule has 0 unspecified atom stereocenters. The van der Waals surface area contributed by atoms with Crippen molar-refractivity contribution in [3.8, 4) is 5.75 Å². The molecule has 7 nitrogen and oxygen atoms in total. The van der Waals surface area contributed by atoms with Crippen LogP contribution in [0.2, 0.25) is 0 Å². The molecule has 0 spiro atoms. The molecule has 2 aromatic rings. The first-order valence-electron chi connectivity index (χ1n) is 10.1. The number of benzene rings is 2. The predicted octanol–water partition coefficient (Wildman–Crippen LogP) is 1.96. The first-order chi connectivity index (χ1) is 14.5. The Morgan fingerprint density at radius 3 is 2.47 bits per heavy atom. The van der Waals surface area contributed by atoms with Crippen LogP contribution in [-0.4, -0.2) is 53.8 Å². The number of hydrogen-bond acceptors (Lipinski definition) is 4. The van der Waals surface area contributed by atoms with Gasteiger partial charge in [0.2, 0.25) is 11.8 Å². The molecule has 2 aliphatic rings. The van der Waals surface area contributed by atoms with Crippen molar-refractivity contribution in [2.75, 3.05) is 20.2 Å². The summed E-state index contributed by atoms with van der Waals surface area (Å²) in [5, 5.41) is 2.90. The summed E-state index contributed by atoms with van der Waals surface area (Å²) in [4.78, 5) is 40.6.